The molecule has 0 saturated carbocycles. The molecule has 0 bridgehead atoms. The summed E-state index contributed by atoms with van der Waals surface area (Å²) in [6.07, 6.45) is 0.0251. The van der Waals surface area contributed by atoms with Crippen LogP contribution in [-0.2, 0) is 13.2 Å². The molecule has 0 radical (unpaired) electrons. The maximum Gasteiger partial charge on any atom is 0.266 e. The Labute approximate surface area is 252 Å². The standard InChI is InChI=1S/C32H28ClN3O5S/c1-20-13-15-42-31(20)32(38)35-29-28(25(37)12-14-34)36-41-30(29)23-16-24(33)27(40-19-22-10-6-3-7-11-22)17-26(23)39-18-21-8-4-2-5-9-21/h2-11,13,15-17H,12,14,18-19,34H2,1H3,(H,35,38). The Hall–Kier alpha value is -4.44. The third-order valence-electron chi connectivity index (χ3n) is 6.39. The van der Waals surface area contributed by atoms with Crippen molar-refractivity contribution in [2.45, 2.75) is 26.6 Å². The van der Waals surface area contributed by atoms with Gasteiger partial charge in [0, 0.05) is 12.5 Å². The zero-order valence-corrected chi connectivity index (χ0v) is 24.3. The Kier molecular flexibility index (Phi) is 9.33. The molecule has 42 heavy (non-hydrogen) atoms. The molecule has 10 heteroatoms. The molecule has 2 aromatic heterocycles. The average Bonchev–Trinajstić information content (AvgIpc) is 3.63. The van der Waals surface area contributed by atoms with E-state index in [1.54, 1.807) is 12.1 Å². The molecule has 8 nitrogen and oxygen atoms in total. The second-order valence-corrected chi connectivity index (χ2v) is 10.7. The highest BCUT2D eigenvalue weighted by Gasteiger charge is 2.28. The van der Waals surface area contributed by atoms with Crippen LogP contribution in [0.25, 0.3) is 11.3 Å². The summed E-state index contributed by atoms with van der Waals surface area (Å²) >= 11 is 7.99. The van der Waals surface area contributed by atoms with Gasteiger partial charge in [-0.1, -0.05) is 77.4 Å². The van der Waals surface area contributed by atoms with Gasteiger partial charge in [-0.25, -0.2) is 0 Å². The molecule has 1 amide bonds. The quantitative estimate of drug-likeness (QED) is 0.144. The Morgan fingerprint density at radius 3 is 2.19 bits per heavy atom. The molecule has 0 aliphatic carbocycles. The van der Waals surface area contributed by atoms with Gasteiger partial charge < -0.3 is 25.0 Å². The van der Waals surface area contributed by atoms with Crippen molar-refractivity contribution in [1.29, 1.82) is 0 Å². The van der Waals surface area contributed by atoms with Gasteiger partial charge in [-0.05, 0) is 47.7 Å². The van der Waals surface area contributed by atoms with Crippen LogP contribution in [0.2, 0.25) is 5.02 Å². The lowest BCUT2D eigenvalue weighted by molar-refractivity contribution is 0.0977. The highest BCUT2D eigenvalue weighted by atomic mass is 35.5. The van der Waals surface area contributed by atoms with Crippen molar-refractivity contribution in [3.05, 3.63) is 117 Å². The first-order valence-corrected chi connectivity index (χ1v) is 14.5. The number of amides is 1. The fraction of sp³-hybridized carbons (Fsp3) is 0.156. The molecule has 0 atom stereocenters. The van der Waals surface area contributed by atoms with Gasteiger partial charge >= 0.3 is 0 Å². The van der Waals surface area contributed by atoms with Gasteiger partial charge in [0.15, 0.2) is 17.2 Å². The summed E-state index contributed by atoms with van der Waals surface area (Å²) in [7, 11) is 0. The van der Waals surface area contributed by atoms with Crippen molar-refractivity contribution in [2.24, 2.45) is 5.73 Å². The molecule has 3 aromatic carbocycles. The maximum atomic E-state index is 13.3. The third-order valence-corrected chi connectivity index (χ3v) is 7.70. The number of nitrogens with zero attached hydrogens (tertiary/aromatic N) is 1. The number of Topliss-reactive ketones (excluding diaryl/α,β-unsaturated/α-hetero) is 1. The smallest absolute Gasteiger partial charge is 0.266 e. The number of benzene rings is 3. The molecule has 0 unspecified atom stereocenters. The van der Waals surface area contributed by atoms with Gasteiger partial charge in [0.1, 0.15) is 30.4 Å². The number of ether oxygens (including phenoxy) is 2. The van der Waals surface area contributed by atoms with Crippen molar-refractivity contribution in [1.82, 2.24) is 5.16 Å². The number of hydrogen-bond donors (Lipinski definition) is 2. The number of hydrogen-bond acceptors (Lipinski definition) is 8. The molecule has 0 spiro atoms. The summed E-state index contributed by atoms with van der Waals surface area (Å²) in [6, 6.07) is 24.5. The number of nitrogens with one attached hydrogen (secondary N) is 1. The van der Waals surface area contributed by atoms with Crippen LogP contribution in [0.3, 0.4) is 0 Å². The summed E-state index contributed by atoms with van der Waals surface area (Å²) < 4.78 is 18.0. The summed E-state index contributed by atoms with van der Waals surface area (Å²) in [4.78, 5) is 26.7. The third kappa shape index (κ3) is 6.71. The second kappa shape index (κ2) is 13.5. The van der Waals surface area contributed by atoms with E-state index in [0.29, 0.717) is 28.5 Å². The normalized spacial score (nSPS) is 10.8. The minimum Gasteiger partial charge on any atom is -0.488 e. The maximum absolute atomic E-state index is 13.3. The average molecular weight is 602 g/mol. The molecule has 214 valence electrons. The first-order valence-electron chi connectivity index (χ1n) is 13.2. The van der Waals surface area contributed by atoms with Crippen molar-refractivity contribution in [3.8, 4) is 22.8 Å². The lowest BCUT2D eigenvalue weighted by Gasteiger charge is -2.15. The van der Waals surface area contributed by atoms with Crippen LogP contribution < -0.4 is 20.5 Å². The van der Waals surface area contributed by atoms with Crippen molar-refractivity contribution < 1.29 is 23.6 Å². The number of ketones is 1. The molecule has 5 aromatic rings. The molecule has 5 rings (SSSR count). The zero-order valence-electron chi connectivity index (χ0n) is 22.8. The molecule has 0 aliphatic rings. The van der Waals surface area contributed by atoms with Crippen LogP contribution in [0.5, 0.6) is 11.5 Å². The molecular weight excluding hydrogens is 574 g/mol. The lowest BCUT2D eigenvalue weighted by atomic mass is 10.1. The fourth-order valence-corrected chi connectivity index (χ4v) is 5.26. The largest absolute Gasteiger partial charge is 0.488 e. The highest BCUT2D eigenvalue weighted by molar-refractivity contribution is 7.12. The van der Waals surface area contributed by atoms with Gasteiger partial charge in [-0.2, -0.15) is 0 Å². The Morgan fingerprint density at radius 2 is 1.60 bits per heavy atom. The molecule has 0 saturated heterocycles. The fourth-order valence-electron chi connectivity index (χ4n) is 4.22. The van der Waals surface area contributed by atoms with Crippen molar-refractivity contribution in [2.75, 3.05) is 11.9 Å². The van der Waals surface area contributed by atoms with E-state index in [9.17, 15) is 9.59 Å². The van der Waals surface area contributed by atoms with Crippen LogP contribution in [-0.4, -0.2) is 23.4 Å². The topological polar surface area (TPSA) is 117 Å². The Balaban J connectivity index is 1.56. The lowest BCUT2D eigenvalue weighted by Crippen LogP contribution is -2.16. The van der Waals surface area contributed by atoms with Gasteiger partial charge in [0.25, 0.3) is 5.91 Å². The zero-order chi connectivity index (χ0) is 29.5. The Bertz CT molecular complexity index is 1690. The summed E-state index contributed by atoms with van der Waals surface area (Å²) in [5.41, 5.74) is 8.82. The van der Waals surface area contributed by atoms with Crippen molar-refractivity contribution >= 4 is 40.3 Å². The van der Waals surface area contributed by atoms with Gasteiger partial charge in [0.05, 0.1) is 15.5 Å². The number of thiophene rings is 1. The van der Waals surface area contributed by atoms with Crippen LogP contribution in [0.15, 0.2) is 88.8 Å². The number of rotatable bonds is 12. The van der Waals surface area contributed by atoms with Crippen LogP contribution >= 0.6 is 22.9 Å². The predicted octanol–water partition coefficient (Wildman–Crippen LogP) is 7.31. The molecule has 2 heterocycles. The van der Waals surface area contributed by atoms with Gasteiger partial charge in [0.2, 0.25) is 0 Å². The number of halogens is 1. The van der Waals surface area contributed by atoms with Crippen molar-refractivity contribution in [3.63, 3.8) is 0 Å². The van der Waals surface area contributed by atoms with Gasteiger partial charge in [-0.15, -0.1) is 11.3 Å². The molecular formula is C32H28ClN3O5S. The number of carbonyl (C=O) groups excluding carboxylic acids is 2. The number of aromatic nitrogens is 1. The number of aryl methyl sites for hydroxylation is 1. The van der Waals surface area contributed by atoms with Crippen LogP contribution in [0, 0.1) is 6.92 Å². The van der Waals surface area contributed by atoms with E-state index in [2.05, 4.69) is 10.5 Å². The summed E-state index contributed by atoms with van der Waals surface area (Å²) in [5.74, 6) is 0.118. The summed E-state index contributed by atoms with van der Waals surface area (Å²) in [6.45, 7) is 2.48. The number of anilines is 1. The number of nitrogens with two attached hydrogens (primary N) is 1. The minimum absolute atomic E-state index is 0.0251. The molecule has 0 aliphatic heterocycles. The van der Waals surface area contributed by atoms with Crippen LogP contribution in [0.4, 0.5) is 5.69 Å². The second-order valence-electron chi connectivity index (χ2n) is 9.41. The minimum atomic E-state index is -0.394. The van der Waals surface area contributed by atoms with E-state index in [-0.39, 0.29) is 47.5 Å². The summed E-state index contributed by atoms with van der Waals surface area (Å²) in [5, 5.41) is 8.98. The Morgan fingerprint density at radius 1 is 0.952 bits per heavy atom. The van der Waals surface area contributed by atoms with E-state index >= 15 is 0 Å². The van der Waals surface area contributed by atoms with Gasteiger partial charge in [-0.3, -0.25) is 9.59 Å². The number of carbonyl (C=O) groups is 2. The van der Waals surface area contributed by atoms with Crippen LogP contribution in [0.1, 0.15) is 43.3 Å². The van der Waals surface area contributed by atoms with E-state index in [0.717, 1.165) is 16.7 Å². The van der Waals surface area contributed by atoms with E-state index < -0.39 is 5.91 Å². The van der Waals surface area contributed by atoms with E-state index in [4.69, 9.17) is 31.3 Å². The monoisotopic (exact) mass is 601 g/mol. The SMILES string of the molecule is Cc1ccsc1C(=O)Nc1c(C(=O)CCN)noc1-c1cc(Cl)c(OCc2ccccc2)cc1OCc1ccccc1. The van der Waals surface area contributed by atoms with E-state index in [1.165, 1.54) is 11.3 Å². The highest BCUT2D eigenvalue weighted by Crippen LogP contribution is 2.43. The molecule has 0 fully saturated rings. The predicted molar refractivity (Wildman–Crippen MR) is 164 cm³/mol. The first-order chi connectivity index (χ1) is 20.4. The molecule has 3 N–H and O–H groups in total. The van der Waals surface area contributed by atoms with E-state index in [1.807, 2.05) is 79.0 Å². The first kappa shape index (κ1) is 29.1.